The van der Waals surface area contributed by atoms with E-state index in [0.29, 0.717) is 11.3 Å². The first-order valence-electron chi connectivity index (χ1n) is 6.96. The third-order valence-electron chi connectivity index (χ3n) is 3.84. The van der Waals surface area contributed by atoms with E-state index in [9.17, 15) is 0 Å². The lowest BCUT2D eigenvalue weighted by molar-refractivity contribution is 0.344. The second-order valence-electron chi connectivity index (χ2n) is 5.22. The van der Waals surface area contributed by atoms with Crippen molar-refractivity contribution in [2.75, 3.05) is 18.8 Å². The van der Waals surface area contributed by atoms with Crippen LogP contribution in [0.2, 0.25) is 0 Å². The van der Waals surface area contributed by atoms with Crippen molar-refractivity contribution < 1.29 is 0 Å². The molecule has 0 radical (unpaired) electrons. The molecule has 19 heavy (non-hydrogen) atoms. The molecule has 1 atom stereocenters. The first-order valence-corrected chi connectivity index (χ1v) is 6.96. The summed E-state index contributed by atoms with van der Waals surface area (Å²) in [6, 6.07) is 0. The highest BCUT2D eigenvalue weighted by Gasteiger charge is 2.13. The largest absolute Gasteiger partial charge is 0.382 e. The topological polar surface area (TPSA) is 81.7 Å². The molecular formula is C13H20N6. The predicted octanol–water partition coefficient (Wildman–Crippen LogP) is 1.19. The van der Waals surface area contributed by atoms with Gasteiger partial charge >= 0.3 is 0 Å². The van der Waals surface area contributed by atoms with Gasteiger partial charge in [0.25, 0.3) is 0 Å². The Labute approximate surface area is 112 Å². The van der Waals surface area contributed by atoms with Gasteiger partial charge in [-0.15, -0.1) is 0 Å². The molecule has 0 aromatic carbocycles. The summed E-state index contributed by atoms with van der Waals surface area (Å²) >= 11 is 0. The summed E-state index contributed by atoms with van der Waals surface area (Å²) in [6.45, 7) is 3.29. The summed E-state index contributed by atoms with van der Waals surface area (Å²) in [5.41, 5.74) is 7.33. The Hall–Kier alpha value is -1.69. The number of aromatic nitrogens is 4. The Bertz CT molecular complexity index is 543. The highest BCUT2D eigenvalue weighted by Crippen LogP contribution is 2.18. The van der Waals surface area contributed by atoms with Crippen LogP contribution in [0.3, 0.4) is 0 Å². The molecule has 2 aromatic heterocycles. The van der Waals surface area contributed by atoms with Gasteiger partial charge < -0.3 is 15.6 Å². The van der Waals surface area contributed by atoms with Gasteiger partial charge in [0, 0.05) is 6.54 Å². The Morgan fingerprint density at radius 2 is 2.32 bits per heavy atom. The van der Waals surface area contributed by atoms with Crippen LogP contribution in [0.1, 0.15) is 25.7 Å². The molecular weight excluding hydrogens is 240 g/mol. The molecule has 0 spiro atoms. The first-order chi connectivity index (χ1) is 9.34. The number of imidazole rings is 1. The molecule has 2 aromatic rings. The van der Waals surface area contributed by atoms with Crippen molar-refractivity contribution in [2.24, 2.45) is 5.92 Å². The third-order valence-corrected chi connectivity index (χ3v) is 3.84. The molecule has 0 amide bonds. The van der Waals surface area contributed by atoms with Crippen molar-refractivity contribution >= 4 is 17.0 Å². The number of hydrogen-bond acceptors (Lipinski definition) is 5. The quantitative estimate of drug-likeness (QED) is 0.863. The summed E-state index contributed by atoms with van der Waals surface area (Å²) in [5.74, 6) is 1.28. The minimum atomic E-state index is 0.459. The van der Waals surface area contributed by atoms with Crippen LogP contribution < -0.4 is 11.1 Å². The Morgan fingerprint density at radius 3 is 3.16 bits per heavy atom. The Morgan fingerprint density at radius 1 is 1.37 bits per heavy atom. The third kappa shape index (κ3) is 2.68. The van der Waals surface area contributed by atoms with Gasteiger partial charge in [-0.1, -0.05) is 0 Å². The first kappa shape index (κ1) is 12.3. The lowest BCUT2D eigenvalue weighted by Crippen LogP contribution is -2.29. The van der Waals surface area contributed by atoms with Gasteiger partial charge in [-0.2, -0.15) is 0 Å². The molecule has 1 aliphatic heterocycles. The number of nitrogen functional groups attached to an aromatic ring is 1. The average molecular weight is 260 g/mol. The Kier molecular flexibility index (Phi) is 3.59. The molecule has 1 unspecified atom stereocenters. The fraction of sp³-hybridized carbons (Fsp3) is 0.615. The lowest BCUT2D eigenvalue weighted by Gasteiger charge is -2.22. The van der Waals surface area contributed by atoms with E-state index < -0.39 is 0 Å². The van der Waals surface area contributed by atoms with E-state index in [1.54, 1.807) is 0 Å². The van der Waals surface area contributed by atoms with Crippen molar-refractivity contribution in [3.63, 3.8) is 0 Å². The van der Waals surface area contributed by atoms with E-state index in [2.05, 4.69) is 24.8 Å². The summed E-state index contributed by atoms with van der Waals surface area (Å²) < 4.78 is 2.07. The number of fused-ring (bicyclic) bond motifs is 1. The molecule has 1 fully saturated rings. The van der Waals surface area contributed by atoms with Crippen LogP contribution in [0, 0.1) is 5.92 Å². The number of aryl methyl sites for hydroxylation is 1. The maximum absolute atomic E-state index is 5.78. The second-order valence-corrected chi connectivity index (χ2v) is 5.22. The molecule has 0 aliphatic carbocycles. The zero-order valence-electron chi connectivity index (χ0n) is 11.0. The van der Waals surface area contributed by atoms with Gasteiger partial charge in [0.15, 0.2) is 11.5 Å². The standard InChI is InChI=1S/C13H20N6/c14-12-11-13(17-8-16-12)19(9-18-11)6-2-4-10-3-1-5-15-7-10/h8-10,15H,1-7H2,(H2,14,16,17). The number of nitrogens with zero attached hydrogens (tertiary/aromatic N) is 4. The van der Waals surface area contributed by atoms with Crippen LogP contribution in [0.25, 0.3) is 11.2 Å². The molecule has 3 heterocycles. The van der Waals surface area contributed by atoms with Crippen LogP contribution in [0.15, 0.2) is 12.7 Å². The molecule has 0 saturated carbocycles. The number of hydrogen-bond donors (Lipinski definition) is 2. The minimum absolute atomic E-state index is 0.459. The Balaban J connectivity index is 1.60. The van der Waals surface area contributed by atoms with Crippen LogP contribution in [0.4, 0.5) is 5.82 Å². The number of nitrogens with two attached hydrogens (primary N) is 1. The van der Waals surface area contributed by atoms with Gasteiger partial charge in [0.2, 0.25) is 0 Å². The van der Waals surface area contributed by atoms with E-state index in [4.69, 9.17) is 5.73 Å². The fourth-order valence-electron chi connectivity index (χ4n) is 2.78. The molecule has 6 nitrogen and oxygen atoms in total. The normalized spacial score (nSPS) is 19.9. The SMILES string of the molecule is Nc1ncnc2c1ncn2CCCC1CCCNC1. The maximum atomic E-state index is 5.78. The zero-order valence-corrected chi connectivity index (χ0v) is 11.0. The van der Waals surface area contributed by atoms with Crippen LogP contribution >= 0.6 is 0 Å². The second kappa shape index (κ2) is 5.52. The van der Waals surface area contributed by atoms with E-state index >= 15 is 0 Å². The van der Waals surface area contributed by atoms with Gasteiger partial charge in [-0.25, -0.2) is 15.0 Å². The summed E-state index contributed by atoms with van der Waals surface area (Å²) in [7, 11) is 0. The number of nitrogens with one attached hydrogen (secondary N) is 1. The molecule has 3 rings (SSSR count). The van der Waals surface area contributed by atoms with Crippen molar-refractivity contribution in [2.45, 2.75) is 32.2 Å². The average Bonchev–Trinajstić information content (AvgIpc) is 2.85. The van der Waals surface area contributed by atoms with Crippen LogP contribution in [0.5, 0.6) is 0 Å². The van der Waals surface area contributed by atoms with Crippen molar-refractivity contribution in [3.8, 4) is 0 Å². The van der Waals surface area contributed by atoms with Crippen molar-refractivity contribution in [1.29, 1.82) is 0 Å². The van der Waals surface area contributed by atoms with Crippen molar-refractivity contribution in [3.05, 3.63) is 12.7 Å². The number of anilines is 1. The predicted molar refractivity (Wildman–Crippen MR) is 74.6 cm³/mol. The lowest BCUT2D eigenvalue weighted by atomic mass is 9.95. The van der Waals surface area contributed by atoms with Gasteiger partial charge in [-0.3, -0.25) is 0 Å². The number of piperidine rings is 1. The van der Waals surface area contributed by atoms with Gasteiger partial charge in [0.1, 0.15) is 11.8 Å². The summed E-state index contributed by atoms with van der Waals surface area (Å²) in [4.78, 5) is 12.5. The van der Waals surface area contributed by atoms with Gasteiger partial charge in [-0.05, 0) is 44.7 Å². The molecule has 1 saturated heterocycles. The minimum Gasteiger partial charge on any atom is -0.382 e. The van der Waals surface area contributed by atoms with E-state index in [1.807, 2.05) is 6.33 Å². The summed E-state index contributed by atoms with van der Waals surface area (Å²) in [5, 5.41) is 3.46. The highest BCUT2D eigenvalue weighted by atomic mass is 15.1. The van der Waals surface area contributed by atoms with E-state index in [-0.39, 0.29) is 0 Å². The fourth-order valence-corrected chi connectivity index (χ4v) is 2.78. The van der Waals surface area contributed by atoms with E-state index in [1.165, 1.54) is 38.7 Å². The van der Waals surface area contributed by atoms with Crippen LogP contribution in [-0.4, -0.2) is 32.6 Å². The number of rotatable bonds is 4. The molecule has 0 bridgehead atoms. The highest BCUT2D eigenvalue weighted by molar-refractivity contribution is 5.80. The van der Waals surface area contributed by atoms with Crippen molar-refractivity contribution in [1.82, 2.24) is 24.8 Å². The van der Waals surface area contributed by atoms with Gasteiger partial charge in [0.05, 0.1) is 6.33 Å². The monoisotopic (exact) mass is 260 g/mol. The zero-order chi connectivity index (χ0) is 13.1. The molecule has 1 aliphatic rings. The summed E-state index contributed by atoms with van der Waals surface area (Å²) in [6.07, 6.45) is 8.39. The smallest absolute Gasteiger partial charge is 0.165 e. The molecule has 102 valence electrons. The molecule has 3 N–H and O–H groups in total. The molecule has 6 heteroatoms. The maximum Gasteiger partial charge on any atom is 0.165 e. The van der Waals surface area contributed by atoms with E-state index in [0.717, 1.165) is 24.5 Å². The van der Waals surface area contributed by atoms with Crippen LogP contribution in [-0.2, 0) is 6.54 Å².